The highest BCUT2D eigenvalue weighted by atomic mass is 19.4. The van der Waals surface area contributed by atoms with Gasteiger partial charge in [0.05, 0.1) is 18.5 Å². The minimum absolute atomic E-state index is 0.00237. The van der Waals surface area contributed by atoms with Crippen molar-refractivity contribution in [2.75, 3.05) is 20.3 Å². The summed E-state index contributed by atoms with van der Waals surface area (Å²) in [5.41, 5.74) is -3.75. The highest BCUT2D eigenvalue weighted by molar-refractivity contribution is 5.96. The van der Waals surface area contributed by atoms with E-state index >= 15 is 0 Å². The average molecular weight is 619 g/mol. The van der Waals surface area contributed by atoms with Gasteiger partial charge < -0.3 is 24.6 Å². The molecule has 0 spiro atoms. The Morgan fingerprint density at radius 1 is 1.09 bits per heavy atom. The van der Waals surface area contributed by atoms with Crippen LogP contribution in [-0.4, -0.2) is 54.4 Å². The Kier molecular flexibility index (Phi) is 9.65. The molecule has 1 saturated heterocycles. The molecule has 0 radical (unpaired) electrons. The number of alkyl halides is 3. The molecule has 236 valence electrons. The normalized spacial score (nSPS) is 18.5. The lowest BCUT2D eigenvalue weighted by Gasteiger charge is -2.41. The number of hydrogen-bond acceptors (Lipinski definition) is 8. The fraction of sp³-hybridized carbons (Fsp3) is 0.406. The predicted octanol–water partition coefficient (Wildman–Crippen LogP) is 5.85. The largest absolute Gasteiger partial charge is 0.493 e. The molecule has 3 aromatic rings. The second-order valence-corrected chi connectivity index (χ2v) is 11.0. The second-order valence-electron chi connectivity index (χ2n) is 11.0. The van der Waals surface area contributed by atoms with Crippen LogP contribution in [0, 0.1) is 5.82 Å². The molecule has 1 aromatic heterocycles. The van der Waals surface area contributed by atoms with Crippen molar-refractivity contribution < 1.29 is 46.5 Å². The van der Waals surface area contributed by atoms with Crippen LogP contribution < -0.4 is 14.8 Å². The third-order valence-corrected chi connectivity index (χ3v) is 7.68. The first-order valence-corrected chi connectivity index (χ1v) is 14.0. The number of pyridine rings is 1. The zero-order valence-electron chi connectivity index (χ0n) is 24.8. The van der Waals surface area contributed by atoms with Crippen molar-refractivity contribution >= 4 is 11.8 Å². The number of rotatable bonds is 12. The van der Waals surface area contributed by atoms with Gasteiger partial charge in [0, 0.05) is 30.0 Å². The zero-order chi connectivity index (χ0) is 32.3. The Morgan fingerprint density at radius 2 is 1.77 bits per heavy atom. The number of Topliss-reactive ketones (excluding diaryl/α,β-unsaturated/α-hetero) is 1. The van der Waals surface area contributed by atoms with Gasteiger partial charge in [0.2, 0.25) is 5.60 Å². The Balaban J connectivity index is 1.61. The monoisotopic (exact) mass is 618 g/mol. The molecule has 1 aliphatic rings. The molecule has 2 unspecified atom stereocenters. The number of aliphatic hydroxyl groups is 1. The third kappa shape index (κ3) is 7.19. The van der Waals surface area contributed by atoms with Crippen LogP contribution in [0.4, 0.5) is 17.6 Å². The quantitative estimate of drug-likeness (QED) is 0.148. The number of nitrogens with zero attached hydrogens (tertiary/aromatic N) is 1. The summed E-state index contributed by atoms with van der Waals surface area (Å²) in [4.78, 5) is 28.4. The molecule has 0 bridgehead atoms. The molecule has 44 heavy (non-hydrogen) atoms. The third-order valence-electron chi connectivity index (χ3n) is 7.68. The van der Waals surface area contributed by atoms with Gasteiger partial charge in [0.15, 0.2) is 17.3 Å². The molecule has 0 aliphatic carbocycles. The van der Waals surface area contributed by atoms with Crippen LogP contribution in [0.25, 0.3) is 11.3 Å². The van der Waals surface area contributed by atoms with Crippen LogP contribution in [-0.2, 0) is 20.7 Å². The first-order chi connectivity index (χ1) is 20.6. The second kappa shape index (κ2) is 12.9. The molecule has 3 atom stereocenters. The molecular weight excluding hydrogens is 584 g/mol. The van der Waals surface area contributed by atoms with Crippen LogP contribution in [0.2, 0.25) is 0 Å². The van der Waals surface area contributed by atoms with Crippen LogP contribution in [0.15, 0.2) is 54.6 Å². The number of esters is 1. The Hall–Kier alpha value is -4.03. The van der Waals surface area contributed by atoms with Gasteiger partial charge in [0.1, 0.15) is 18.5 Å². The van der Waals surface area contributed by atoms with Crippen molar-refractivity contribution in [1.29, 1.82) is 0 Å². The number of methoxy groups -OCH3 is 1. The van der Waals surface area contributed by atoms with Gasteiger partial charge in [-0.3, -0.25) is 9.59 Å². The molecule has 2 N–H and O–H groups in total. The summed E-state index contributed by atoms with van der Waals surface area (Å²) < 4.78 is 73.3. The predicted molar refractivity (Wildman–Crippen MR) is 153 cm³/mol. The van der Waals surface area contributed by atoms with Crippen LogP contribution in [0.3, 0.4) is 0 Å². The van der Waals surface area contributed by atoms with E-state index in [1.54, 1.807) is 13.0 Å². The maximum atomic E-state index is 14.6. The van der Waals surface area contributed by atoms with Crippen molar-refractivity contribution in [3.05, 3.63) is 77.2 Å². The van der Waals surface area contributed by atoms with E-state index < -0.39 is 59.5 Å². The van der Waals surface area contributed by atoms with Crippen LogP contribution in [0.5, 0.6) is 11.5 Å². The van der Waals surface area contributed by atoms with Gasteiger partial charge in [-0.25, -0.2) is 9.37 Å². The van der Waals surface area contributed by atoms with Gasteiger partial charge in [-0.05, 0) is 93.4 Å². The van der Waals surface area contributed by atoms with E-state index in [1.165, 1.54) is 62.6 Å². The van der Waals surface area contributed by atoms with Gasteiger partial charge in [-0.1, -0.05) is 0 Å². The summed E-state index contributed by atoms with van der Waals surface area (Å²) in [6.07, 6.45) is -6.76. The summed E-state index contributed by atoms with van der Waals surface area (Å²) in [5, 5.41) is 14.4. The zero-order valence-corrected chi connectivity index (χ0v) is 24.8. The van der Waals surface area contributed by atoms with Gasteiger partial charge in [-0.2, -0.15) is 13.2 Å². The van der Waals surface area contributed by atoms with Crippen molar-refractivity contribution in [2.24, 2.45) is 0 Å². The Labute approximate surface area is 252 Å². The molecule has 0 amide bonds. The number of aromatic nitrogens is 1. The van der Waals surface area contributed by atoms with E-state index in [2.05, 4.69) is 10.3 Å². The van der Waals surface area contributed by atoms with E-state index in [0.29, 0.717) is 24.1 Å². The number of carbonyl (C=O) groups is 2. The number of benzene rings is 2. The van der Waals surface area contributed by atoms with E-state index in [-0.39, 0.29) is 29.4 Å². The molecule has 0 saturated carbocycles. The number of ketones is 1. The first-order valence-electron chi connectivity index (χ1n) is 14.0. The van der Waals surface area contributed by atoms with E-state index in [4.69, 9.17) is 14.2 Å². The summed E-state index contributed by atoms with van der Waals surface area (Å²) in [5.74, 6) is -1.28. The summed E-state index contributed by atoms with van der Waals surface area (Å²) in [6, 6.07) is 12.1. The first kappa shape index (κ1) is 32.9. The molecule has 8 nitrogen and oxygen atoms in total. The molecule has 1 fully saturated rings. The number of halogens is 4. The summed E-state index contributed by atoms with van der Waals surface area (Å²) in [6.45, 7) is 5.39. The van der Waals surface area contributed by atoms with Gasteiger partial charge in [0.25, 0.3) is 0 Å². The lowest BCUT2D eigenvalue weighted by atomic mass is 9.80. The lowest BCUT2D eigenvalue weighted by molar-refractivity contribution is -0.270. The molecule has 1 aliphatic heterocycles. The Morgan fingerprint density at radius 3 is 2.34 bits per heavy atom. The topological polar surface area (TPSA) is 107 Å². The van der Waals surface area contributed by atoms with E-state index in [0.717, 1.165) is 0 Å². The maximum Gasteiger partial charge on any atom is 0.422 e. The van der Waals surface area contributed by atoms with Crippen molar-refractivity contribution in [3.8, 4) is 22.8 Å². The number of carbonyl (C=O) groups excluding carboxylic acids is 2. The van der Waals surface area contributed by atoms with Crippen molar-refractivity contribution in [3.63, 3.8) is 0 Å². The fourth-order valence-corrected chi connectivity index (χ4v) is 4.91. The van der Waals surface area contributed by atoms with E-state index in [1.807, 2.05) is 6.92 Å². The summed E-state index contributed by atoms with van der Waals surface area (Å²) >= 11 is 0. The van der Waals surface area contributed by atoms with Crippen LogP contribution in [0.1, 0.15) is 61.6 Å². The van der Waals surface area contributed by atoms with Gasteiger partial charge >= 0.3 is 12.1 Å². The Bertz CT molecular complexity index is 1510. The molecule has 4 rings (SSSR count). The SMILES string of the molecule is COc1cc(C(=O)CCC(O)(c2cc(C3(C)CCN3)cc(-c3ccc(F)cc3)n2)C(F)(F)F)ccc1OC[C@@H](C)OC(C)=O. The highest BCUT2D eigenvalue weighted by Crippen LogP contribution is 2.44. The molecule has 2 aromatic carbocycles. The minimum atomic E-state index is -5.18. The maximum absolute atomic E-state index is 14.6. The smallest absolute Gasteiger partial charge is 0.422 e. The summed E-state index contributed by atoms with van der Waals surface area (Å²) in [7, 11) is 1.34. The average Bonchev–Trinajstić information content (AvgIpc) is 2.96. The fourth-order valence-electron chi connectivity index (χ4n) is 4.91. The van der Waals surface area contributed by atoms with E-state index in [9.17, 15) is 32.3 Å². The van der Waals surface area contributed by atoms with Crippen LogP contribution >= 0.6 is 0 Å². The number of hydrogen-bond donors (Lipinski definition) is 2. The molecule has 2 heterocycles. The lowest BCUT2D eigenvalue weighted by Crippen LogP contribution is -2.52. The van der Waals surface area contributed by atoms with Crippen molar-refractivity contribution in [2.45, 2.75) is 63.5 Å². The molecular formula is C32H34F4N2O6. The van der Waals surface area contributed by atoms with Gasteiger partial charge in [-0.15, -0.1) is 0 Å². The standard InChI is InChI=1S/C32H34F4N2O6/c1-19(44-20(2)39)18-43-27-10-7-22(15-28(27)42-4)26(40)11-12-31(41,32(34,35)36)29-17-23(30(3)13-14-37-30)16-25(38-29)21-5-8-24(33)9-6-21/h5-10,15-17,19,37,41H,11-14,18H2,1-4H3/t19-,30?,31?/m1/s1. The molecule has 12 heteroatoms. The number of nitrogens with one attached hydrogen (secondary N) is 1. The minimum Gasteiger partial charge on any atom is -0.493 e. The highest BCUT2D eigenvalue weighted by Gasteiger charge is 2.56. The van der Waals surface area contributed by atoms with Crippen molar-refractivity contribution in [1.82, 2.24) is 10.3 Å². The number of ether oxygens (including phenoxy) is 3.